The van der Waals surface area contributed by atoms with Crippen LogP contribution in [-0.4, -0.2) is 45.8 Å². The van der Waals surface area contributed by atoms with E-state index in [4.69, 9.17) is 0 Å². The van der Waals surface area contributed by atoms with E-state index >= 15 is 0 Å². The van der Waals surface area contributed by atoms with Crippen LogP contribution >= 0.6 is 0 Å². The van der Waals surface area contributed by atoms with Gasteiger partial charge in [0.1, 0.15) is 0 Å². The number of anilines is 2. The van der Waals surface area contributed by atoms with E-state index in [1.165, 1.54) is 0 Å². The van der Waals surface area contributed by atoms with Gasteiger partial charge in [-0.25, -0.2) is 9.97 Å². The average molecular weight is 389 g/mol. The van der Waals surface area contributed by atoms with Crippen LogP contribution in [0.25, 0.3) is 10.9 Å². The van der Waals surface area contributed by atoms with Crippen LogP contribution in [-0.2, 0) is 4.79 Å². The molecular formula is C22H23N5O2. The topological polar surface area (TPSA) is 87.2 Å². The maximum Gasteiger partial charge on any atom is 0.253 e. The van der Waals surface area contributed by atoms with Gasteiger partial charge in [-0.2, -0.15) is 0 Å². The molecule has 4 rings (SSSR count). The molecule has 0 bridgehead atoms. The Labute approximate surface area is 169 Å². The zero-order valence-electron chi connectivity index (χ0n) is 16.3. The number of benzene rings is 2. The van der Waals surface area contributed by atoms with Gasteiger partial charge in [0.15, 0.2) is 0 Å². The molecule has 148 valence electrons. The minimum Gasteiger partial charge on any atom is -0.350 e. The number of carbonyl (C=O) groups excluding carboxylic acids is 2. The number of fused-ring (bicyclic) bond motifs is 1. The lowest BCUT2D eigenvalue weighted by Crippen LogP contribution is -2.31. The van der Waals surface area contributed by atoms with Crippen molar-refractivity contribution in [3.05, 3.63) is 60.3 Å². The number of para-hydroxylation sites is 1. The van der Waals surface area contributed by atoms with Crippen LogP contribution in [0.15, 0.2) is 54.7 Å². The normalized spacial score (nSPS) is 16.0. The van der Waals surface area contributed by atoms with Crippen LogP contribution in [0.5, 0.6) is 0 Å². The fourth-order valence-electron chi connectivity index (χ4n) is 3.41. The molecule has 0 spiro atoms. The van der Waals surface area contributed by atoms with Gasteiger partial charge in [-0.3, -0.25) is 9.59 Å². The SMILES string of the molecule is CCC(=O)Nc1ccc(C(=O)N2CCC(Nc3ncc4ccccc4n3)C2)cc1. The Bertz CT molecular complexity index is 1030. The van der Waals surface area contributed by atoms with Gasteiger partial charge in [-0.05, 0) is 36.8 Å². The fraction of sp³-hybridized carbons (Fsp3) is 0.273. The third-order valence-corrected chi connectivity index (χ3v) is 5.03. The molecule has 0 saturated carbocycles. The summed E-state index contributed by atoms with van der Waals surface area (Å²) >= 11 is 0. The third kappa shape index (κ3) is 4.34. The number of carbonyl (C=O) groups is 2. The van der Waals surface area contributed by atoms with E-state index < -0.39 is 0 Å². The Hall–Kier alpha value is -3.48. The number of hydrogen-bond donors (Lipinski definition) is 2. The van der Waals surface area contributed by atoms with Crippen molar-refractivity contribution in [1.82, 2.24) is 14.9 Å². The fourth-order valence-corrected chi connectivity index (χ4v) is 3.41. The first-order chi connectivity index (χ1) is 14.1. The summed E-state index contributed by atoms with van der Waals surface area (Å²) in [6, 6.07) is 15.0. The molecule has 3 aromatic rings. The minimum atomic E-state index is -0.0477. The van der Waals surface area contributed by atoms with Crippen molar-refractivity contribution in [3.8, 4) is 0 Å². The Morgan fingerprint density at radius 2 is 1.93 bits per heavy atom. The number of rotatable bonds is 5. The van der Waals surface area contributed by atoms with Crippen molar-refractivity contribution in [3.63, 3.8) is 0 Å². The first-order valence-corrected chi connectivity index (χ1v) is 9.80. The molecule has 2 aromatic carbocycles. The molecule has 1 unspecified atom stereocenters. The van der Waals surface area contributed by atoms with Crippen LogP contribution in [0.3, 0.4) is 0 Å². The summed E-state index contributed by atoms with van der Waals surface area (Å²) in [5.41, 5.74) is 2.20. The lowest BCUT2D eigenvalue weighted by atomic mass is 10.2. The Morgan fingerprint density at radius 1 is 1.14 bits per heavy atom. The zero-order valence-corrected chi connectivity index (χ0v) is 16.3. The molecule has 0 radical (unpaired) electrons. The smallest absolute Gasteiger partial charge is 0.253 e. The highest BCUT2D eigenvalue weighted by atomic mass is 16.2. The second-order valence-corrected chi connectivity index (χ2v) is 7.11. The Balaban J connectivity index is 1.37. The quantitative estimate of drug-likeness (QED) is 0.699. The number of likely N-dealkylation sites (tertiary alicyclic amines) is 1. The van der Waals surface area contributed by atoms with Crippen molar-refractivity contribution in [2.24, 2.45) is 0 Å². The van der Waals surface area contributed by atoms with E-state index in [0.29, 0.717) is 36.7 Å². The molecule has 1 atom stereocenters. The van der Waals surface area contributed by atoms with Crippen molar-refractivity contribution in [2.45, 2.75) is 25.8 Å². The Morgan fingerprint density at radius 3 is 2.72 bits per heavy atom. The highest BCUT2D eigenvalue weighted by molar-refractivity contribution is 5.96. The van der Waals surface area contributed by atoms with Gasteiger partial charge in [0.25, 0.3) is 5.91 Å². The summed E-state index contributed by atoms with van der Waals surface area (Å²) in [5.74, 6) is 0.523. The standard InChI is InChI=1S/C22H23N5O2/c1-2-20(28)24-17-9-7-15(8-10-17)21(29)27-12-11-18(14-27)25-22-23-13-16-5-3-4-6-19(16)26-22/h3-10,13,18H,2,11-12,14H2,1H3,(H,24,28)(H,23,25,26). The van der Waals surface area contributed by atoms with E-state index in [2.05, 4.69) is 20.6 Å². The zero-order chi connectivity index (χ0) is 20.2. The van der Waals surface area contributed by atoms with E-state index in [-0.39, 0.29) is 17.9 Å². The molecule has 1 aliphatic heterocycles. The summed E-state index contributed by atoms with van der Waals surface area (Å²) in [5, 5.41) is 7.13. The molecule has 1 aromatic heterocycles. The maximum atomic E-state index is 12.8. The minimum absolute atomic E-state index is 0.0119. The number of nitrogens with zero attached hydrogens (tertiary/aromatic N) is 3. The van der Waals surface area contributed by atoms with Crippen LogP contribution < -0.4 is 10.6 Å². The first kappa shape index (κ1) is 18.9. The van der Waals surface area contributed by atoms with Gasteiger partial charge < -0.3 is 15.5 Å². The van der Waals surface area contributed by atoms with Gasteiger partial charge in [-0.1, -0.05) is 25.1 Å². The summed E-state index contributed by atoms with van der Waals surface area (Å²) in [7, 11) is 0. The molecule has 2 amide bonds. The van der Waals surface area contributed by atoms with Crippen molar-refractivity contribution >= 4 is 34.4 Å². The molecular weight excluding hydrogens is 366 g/mol. The second kappa shape index (κ2) is 8.26. The van der Waals surface area contributed by atoms with Gasteiger partial charge in [0, 0.05) is 48.4 Å². The molecule has 2 heterocycles. The number of nitrogens with one attached hydrogen (secondary N) is 2. The molecule has 1 aliphatic rings. The first-order valence-electron chi connectivity index (χ1n) is 9.80. The highest BCUT2D eigenvalue weighted by Gasteiger charge is 2.27. The number of amides is 2. The summed E-state index contributed by atoms with van der Waals surface area (Å²) in [4.78, 5) is 35.0. The maximum absolute atomic E-state index is 12.8. The molecule has 29 heavy (non-hydrogen) atoms. The van der Waals surface area contributed by atoms with E-state index in [1.54, 1.807) is 37.4 Å². The number of aromatic nitrogens is 2. The predicted molar refractivity (Wildman–Crippen MR) is 113 cm³/mol. The van der Waals surface area contributed by atoms with Gasteiger partial charge in [0.2, 0.25) is 11.9 Å². The van der Waals surface area contributed by atoms with E-state index in [1.807, 2.05) is 29.2 Å². The summed E-state index contributed by atoms with van der Waals surface area (Å²) in [6.07, 6.45) is 3.07. The predicted octanol–water partition coefficient (Wildman–Crippen LogP) is 3.30. The third-order valence-electron chi connectivity index (χ3n) is 5.03. The van der Waals surface area contributed by atoms with Crippen molar-refractivity contribution in [1.29, 1.82) is 0 Å². The van der Waals surface area contributed by atoms with Gasteiger partial charge in [0.05, 0.1) is 5.52 Å². The van der Waals surface area contributed by atoms with Crippen LogP contribution in [0.4, 0.5) is 11.6 Å². The van der Waals surface area contributed by atoms with Crippen LogP contribution in [0, 0.1) is 0 Å². The molecule has 0 aliphatic carbocycles. The molecule has 7 heteroatoms. The van der Waals surface area contributed by atoms with E-state index in [0.717, 1.165) is 17.3 Å². The van der Waals surface area contributed by atoms with Gasteiger partial charge >= 0.3 is 0 Å². The Kier molecular flexibility index (Phi) is 5.37. The summed E-state index contributed by atoms with van der Waals surface area (Å²) < 4.78 is 0. The highest BCUT2D eigenvalue weighted by Crippen LogP contribution is 2.19. The molecule has 1 fully saturated rings. The number of hydrogen-bond acceptors (Lipinski definition) is 5. The lowest BCUT2D eigenvalue weighted by Gasteiger charge is -2.17. The monoisotopic (exact) mass is 389 g/mol. The summed E-state index contributed by atoms with van der Waals surface area (Å²) in [6.45, 7) is 3.08. The second-order valence-electron chi connectivity index (χ2n) is 7.11. The molecule has 7 nitrogen and oxygen atoms in total. The van der Waals surface area contributed by atoms with Crippen molar-refractivity contribution in [2.75, 3.05) is 23.7 Å². The van der Waals surface area contributed by atoms with Crippen molar-refractivity contribution < 1.29 is 9.59 Å². The van der Waals surface area contributed by atoms with Gasteiger partial charge in [-0.15, -0.1) is 0 Å². The van der Waals surface area contributed by atoms with Crippen LogP contribution in [0.1, 0.15) is 30.1 Å². The lowest BCUT2D eigenvalue weighted by molar-refractivity contribution is -0.115. The molecule has 2 N–H and O–H groups in total. The average Bonchev–Trinajstić information content (AvgIpc) is 3.22. The van der Waals surface area contributed by atoms with E-state index in [9.17, 15) is 9.59 Å². The van der Waals surface area contributed by atoms with Crippen LogP contribution in [0.2, 0.25) is 0 Å². The molecule has 1 saturated heterocycles. The largest absolute Gasteiger partial charge is 0.350 e.